The molecule has 11 nitrogen and oxygen atoms in total. The van der Waals surface area contributed by atoms with E-state index < -0.39 is 21.7 Å². The molecule has 1 N–H and O–H groups in total. The molecule has 0 fully saturated rings. The smallest absolute Gasteiger partial charge is 0.348 e. The Balaban J connectivity index is 0.000000195. The van der Waals surface area contributed by atoms with Crippen LogP contribution in [0.25, 0.3) is 55.9 Å². The fourth-order valence-electron chi connectivity index (χ4n) is 8.65. The molecule has 10 rings (SSSR count). The lowest BCUT2D eigenvalue weighted by Crippen LogP contribution is -2.43. The summed E-state index contributed by atoms with van der Waals surface area (Å²) in [5, 5.41) is 11.9. The first kappa shape index (κ1) is 51.3. The standard InChI is InChI=1S/C38H33NO5.C25H23NO4S/c1-26-34(39-36(43-26)29-15-11-14-28(24-29)27-12-5-3-6-13-27)22-23-42-35-21-20-30(32-18-9-10-19-33(32)35)25-38(2,37(40)41)44-31-16-7-4-8-17-31;1-18-11-13-23(14-12-18)31(27,28)29-16-15-24-19(2)30-25(26-24)22-10-6-9-21(17-22)20-7-4-3-5-8-20/h3-21,24H,22-23,25H2,1-2H3,(H,40,41);3-14,17H,15-16H2,1-2H3. The summed E-state index contributed by atoms with van der Waals surface area (Å²) in [6.07, 6.45) is 1.09. The van der Waals surface area contributed by atoms with Gasteiger partial charge in [0.25, 0.3) is 10.1 Å². The van der Waals surface area contributed by atoms with Crippen LogP contribution in [0.3, 0.4) is 0 Å². The van der Waals surface area contributed by atoms with Gasteiger partial charge in [-0.3, -0.25) is 4.18 Å². The molecule has 0 bridgehead atoms. The minimum Gasteiger partial charge on any atom is -0.493 e. The lowest BCUT2D eigenvalue weighted by atomic mass is 9.92. The van der Waals surface area contributed by atoms with Gasteiger partial charge in [0.05, 0.1) is 29.5 Å². The molecule has 0 saturated heterocycles. The van der Waals surface area contributed by atoms with Crippen LogP contribution in [0.5, 0.6) is 11.5 Å². The maximum atomic E-state index is 12.4. The second kappa shape index (κ2) is 23.1. The Bertz CT molecular complexity index is 3650. The van der Waals surface area contributed by atoms with Crippen LogP contribution in [0, 0.1) is 20.8 Å². The summed E-state index contributed by atoms with van der Waals surface area (Å²) in [5.74, 6) is 2.71. The Morgan fingerprint density at radius 1 is 0.547 bits per heavy atom. The van der Waals surface area contributed by atoms with Crippen LogP contribution >= 0.6 is 0 Å². The van der Waals surface area contributed by atoms with E-state index in [0.717, 1.165) is 72.5 Å². The summed E-state index contributed by atoms with van der Waals surface area (Å²) < 4.78 is 54.1. The topological polar surface area (TPSA) is 151 Å². The van der Waals surface area contributed by atoms with Crippen molar-refractivity contribution in [2.45, 2.75) is 57.5 Å². The number of aliphatic carboxylic acids is 1. The van der Waals surface area contributed by atoms with Gasteiger partial charge in [0.1, 0.15) is 23.0 Å². The maximum Gasteiger partial charge on any atom is 0.348 e. The number of nitrogens with zero attached hydrogens (tertiary/aromatic N) is 2. The number of para-hydroxylation sites is 1. The highest BCUT2D eigenvalue weighted by Crippen LogP contribution is 2.34. The number of ether oxygens (including phenoxy) is 2. The van der Waals surface area contributed by atoms with Gasteiger partial charge < -0.3 is 23.4 Å². The molecule has 2 aromatic heterocycles. The number of carboxylic acids is 1. The molecule has 8 aromatic carbocycles. The monoisotopic (exact) mass is 1020 g/mol. The van der Waals surface area contributed by atoms with E-state index >= 15 is 0 Å². The molecule has 1 unspecified atom stereocenters. The predicted octanol–water partition coefficient (Wildman–Crippen LogP) is 14.1. The number of hydrogen-bond acceptors (Lipinski definition) is 10. The molecular formula is C63H56N2O9S. The number of carboxylic acid groups (broad SMARTS) is 1. The van der Waals surface area contributed by atoms with E-state index in [-0.39, 0.29) is 17.9 Å². The number of oxazole rings is 2. The molecule has 0 spiro atoms. The normalized spacial score (nSPS) is 12.1. The number of aromatic nitrogens is 2. The van der Waals surface area contributed by atoms with Crippen molar-refractivity contribution < 1.29 is 40.8 Å². The third-order valence-corrected chi connectivity index (χ3v) is 14.1. The molecule has 378 valence electrons. The van der Waals surface area contributed by atoms with Gasteiger partial charge in [0, 0.05) is 35.8 Å². The van der Waals surface area contributed by atoms with Gasteiger partial charge in [-0.15, -0.1) is 0 Å². The number of fused-ring (bicyclic) bond motifs is 1. The van der Waals surface area contributed by atoms with Crippen LogP contribution in [0.2, 0.25) is 0 Å². The number of hydrogen-bond donors (Lipinski definition) is 1. The fourth-order valence-corrected chi connectivity index (χ4v) is 9.56. The third kappa shape index (κ3) is 12.6. The Labute approximate surface area is 437 Å². The van der Waals surface area contributed by atoms with Crippen molar-refractivity contribution in [3.05, 3.63) is 234 Å². The number of carbonyl (C=O) groups is 1. The lowest BCUT2D eigenvalue weighted by Gasteiger charge is -2.27. The van der Waals surface area contributed by atoms with Crippen molar-refractivity contribution in [3.63, 3.8) is 0 Å². The summed E-state index contributed by atoms with van der Waals surface area (Å²) in [4.78, 5) is 21.9. The van der Waals surface area contributed by atoms with Gasteiger partial charge in [-0.2, -0.15) is 8.42 Å². The number of rotatable bonds is 18. The van der Waals surface area contributed by atoms with Gasteiger partial charge in [-0.1, -0.05) is 151 Å². The minimum atomic E-state index is -3.80. The molecule has 0 radical (unpaired) electrons. The van der Waals surface area contributed by atoms with E-state index in [1.165, 1.54) is 0 Å². The SMILES string of the molecule is Cc1ccc(S(=O)(=O)OCCc2nc(-c3cccc(-c4ccccc4)c3)oc2C)cc1.Cc1oc(-c2cccc(-c3ccccc3)c2)nc1CCOc1ccc(CC(C)(Oc2ccccc2)C(=O)O)c2ccccc12. The average Bonchev–Trinajstić information content (AvgIpc) is 4.00. The van der Waals surface area contributed by atoms with E-state index in [1.54, 1.807) is 43.3 Å². The number of benzene rings is 8. The highest BCUT2D eigenvalue weighted by atomic mass is 32.2. The summed E-state index contributed by atoms with van der Waals surface area (Å²) in [7, 11) is -3.80. The first-order chi connectivity index (χ1) is 36.3. The summed E-state index contributed by atoms with van der Waals surface area (Å²) >= 11 is 0. The van der Waals surface area contributed by atoms with Crippen LogP contribution in [0.1, 0.15) is 41.0 Å². The highest BCUT2D eigenvalue weighted by molar-refractivity contribution is 7.86. The van der Waals surface area contributed by atoms with Gasteiger partial charge in [0.15, 0.2) is 0 Å². The first-order valence-electron chi connectivity index (χ1n) is 24.6. The van der Waals surface area contributed by atoms with Crippen LogP contribution in [0.4, 0.5) is 0 Å². The largest absolute Gasteiger partial charge is 0.493 e. The quantitative estimate of drug-likeness (QED) is 0.0818. The van der Waals surface area contributed by atoms with Crippen LogP contribution in [0.15, 0.2) is 214 Å². The van der Waals surface area contributed by atoms with Crippen molar-refractivity contribution in [1.29, 1.82) is 0 Å². The molecule has 2 heterocycles. The molecular weight excluding hydrogens is 961 g/mol. The Morgan fingerprint density at radius 3 is 1.57 bits per heavy atom. The predicted molar refractivity (Wildman–Crippen MR) is 292 cm³/mol. The second-order valence-electron chi connectivity index (χ2n) is 18.3. The molecule has 0 aliphatic heterocycles. The second-order valence-corrected chi connectivity index (χ2v) is 19.9. The Kier molecular flexibility index (Phi) is 15.8. The molecule has 0 saturated carbocycles. The van der Waals surface area contributed by atoms with Crippen molar-refractivity contribution in [1.82, 2.24) is 9.97 Å². The molecule has 0 amide bonds. The Hall–Kier alpha value is -8.58. The van der Waals surface area contributed by atoms with E-state index in [1.807, 2.05) is 148 Å². The fraction of sp³-hybridized carbons (Fsp3) is 0.159. The van der Waals surface area contributed by atoms with Crippen molar-refractivity contribution in [2.24, 2.45) is 0 Å². The Morgan fingerprint density at radius 2 is 1.03 bits per heavy atom. The molecule has 75 heavy (non-hydrogen) atoms. The van der Waals surface area contributed by atoms with Crippen molar-refractivity contribution in [3.8, 4) is 56.7 Å². The van der Waals surface area contributed by atoms with E-state index in [2.05, 4.69) is 41.4 Å². The summed E-state index contributed by atoms with van der Waals surface area (Å²) in [5.41, 5.74) is 8.15. The summed E-state index contributed by atoms with van der Waals surface area (Å²) in [6, 6.07) is 63.8. The third-order valence-electron chi connectivity index (χ3n) is 12.7. The lowest BCUT2D eigenvalue weighted by molar-refractivity contribution is -0.153. The minimum absolute atomic E-state index is 0.00687. The van der Waals surface area contributed by atoms with Gasteiger partial charge >= 0.3 is 5.97 Å². The average molecular weight is 1020 g/mol. The van der Waals surface area contributed by atoms with Crippen LogP contribution < -0.4 is 9.47 Å². The zero-order valence-electron chi connectivity index (χ0n) is 42.1. The zero-order chi connectivity index (χ0) is 52.4. The van der Waals surface area contributed by atoms with E-state index in [0.29, 0.717) is 48.4 Å². The van der Waals surface area contributed by atoms with E-state index in [4.69, 9.17) is 27.5 Å². The van der Waals surface area contributed by atoms with Gasteiger partial charge in [-0.05, 0) is 115 Å². The molecule has 10 aromatic rings. The zero-order valence-corrected chi connectivity index (χ0v) is 42.9. The molecule has 0 aliphatic rings. The van der Waals surface area contributed by atoms with Gasteiger partial charge in [0.2, 0.25) is 17.4 Å². The highest BCUT2D eigenvalue weighted by Gasteiger charge is 2.36. The van der Waals surface area contributed by atoms with Crippen molar-refractivity contribution >= 4 is 26.9 Å². The molecule has 12 heteroatoms. The van der Waals surface area contributed by atoms with E-state index in [9.17, 15) is 18.3 Å². The molecule has 0 aliphatic carbocycles. The van der Waals surface area contributed by atoms with Crippen LogP contribution in [-0.2, 0) is 38.4 Å². The first-order valence-corrected chi connectivity index (χ1v) is 26.0. The molecule has 1 atom stereocenters. The van der Waals surface area contributed by atoms with Gasteiger partial charge in [-0.25, -0.2) is 14.8 Å². The number of aryl methyl sites for hydroxylation is 3. The maximum absolute atomic E-state index is 12.4. The summed E-state index contributed by atoms with van der Waals surface area (Å²) in [6.45, 7) is 7.65. The van der Waals surface area contributed by atoms with Crippen molar-refractivity contribution in [2.75, 3.05) is 13.2 Å². The van der Waals surface area contributed by atoms with Crippen LogP contribution in [-0.4, -0.2) is 48.3 Å².